The summed E-state index contributed by atoms with van der Waals surface area (Å²) in [5.41, 5.74) is 0.552. The van der Waals surface area contributed by atoms with Gasteiger partial charge in [-0.25, -0.2) is 4.79 Å². The Hall–Kier alpha value is -2.26. The number of aliphatic hydroxyl groups is 2. The van der Waals surface area contributed by atoms with Crippen molar-refractivity contribution in [2.45, 2.75) is 110 Å². The topological polar surface area (TPSA) is 112 Å². The highest BCUT2D eigenvalue weighted by atomic mass is 16.6. The molecule has 0 radical (unpaired) electrons. The number of carbonyl (C=O) groups is 2. The lowest BCUT2D eigenvalue weighted by atomic mass is 9.65. The molecular weight excluding hydrogens is 536 g/mol. The van der Waals surface area contributed by atoms with Crippen molar-refractivity contribution < 1.29 is 38.7 Å². The van der Waals surface area contributed by atoms with Gasteiger partial charge in [0.15, 0.2) is 17.3 Å². The van der Waals surface area contributed by atoms with E-state index < -0.39 is 23.4 Å². The van der Waals surface area contributed by atoms with Crippen LogP contribution >= 0.6 is 0 Å². The molecule has 234 valence electrons. The Balaban J connectivity index is 1.44. The van der Waals surface area contributed by atoms with Crippen LogP contribution in [0.4, 0.5) is 0 Å². The second-order valence-electron chi connectivity index (χ2n) is 12.9. The minimum absolute atomic E-state index is 0.0331. The van der Waals surface area contributed by atoms with Gasteiger partial charge in [-0.15, -0.1) is 0 Å². The average Bonchev–Trinajstić information content (AvgIpc) is 3.54. The number of cyclic esters (lactones) is 1. The number of rotatable bonds is 11. The predicted molar refractivity (Wildman–Crippen MR) is 159 cm³/mol. The number of esters is 1. The van der Waals surface area contributed by atoms with Gasteiger partial charge in [-0.3, -0.25) is 4.79 Å². The zero-order chi connectivity index (χ0) is 30.6. The van der Waals surface area contributed by atoms with Gasteiger partial charge in [-0.05, 0) is 74.7 Å². The van der Waals surface area contributed by atoms with Gasteiger partial charge in [0.1, 0.15) is 5.57 Å². The number of carbonyl (C=O) groups excluding carboxylic acids is 2. The van der Waals surface area contributed by atoms with Crippen molar-refractivity contribution in [2.75, 3.05) is 13.7 Å². The number of hydrogen-bond donors (Lipinski definition) is 2. The first-order chi connectivity index (χ1) is 20.0. The highest BCUT2D eigenvalue weighted by molar-refractivity contribution is 6.20. The Bertz CT molecular complexity index is 1090. The maximum absolute atomic E-state index is 13.4. The molecule has 2 N–H and O–H groups in total. The van der Waals surface area contributed by atoms with Gasteiger partial charge in [0.2, 0.25) is 0 Å². The molecule has 3 fully saturated rings. The summed E-state index contributed by atoms with van der Waals surface area (Å²) in [5.74, 6) is -1.95. The molecule has 0 aromatic carbocycles. The van der Waals surface area contributed by atoms with E-state index in [9.17, 15) is 19.8 Å². The number of Topliss-reactive ketones (excluding diaryl/α,β-unsaturated/α-hetero) is 1. The van der Waals surface area contributed by atoms with E-state index in [4.69, 9.17) is 18.9 Å². The fourth-order valence-corrected chi connectivity index (χ4v) is 7.47. The highest BCUT2D eigenvalue weighted by Crippen LogP contribution is 2.43. The van der Waals surface area contributed by atoms with Crippen molar-refractivity contribution in [1.29, 1.82) is 0 Å². The molecule has 3 aliphatic heterocycles. The maximum atomic E-state index is 13.4. The van der Waals surface area contributed by atoms with Gasteiger partial charge < -0.3 is 29.2 Å². The lowest BCUT2D eigenvalue weighted by Crippen LogP contribution is -2.38. The third-order valence-electron chi connectivity index (χ3n) is 10.0. The van der Waals surface area contributed by atoms with Gasteiger partial charge >= 0.3 is 5.97 Å². The lowest BCUT2D eigenvalue weighted by Gasteiger charge is -2.40. The Labute approximate surface area is 250 Å². The van der Waals surface area contributed by atoms with E-state index in [1.807, 2.05) is 13.8 Å². The van der Waals surface area contributed by atoms with E-state index in [1.54, 1.807) is 7.11 Å². The Morgan fingerprint density at radius 1 is 1.10 bits per heavy atom. The van der Waals surface area contributed by atoms with E-state index in [-0.39, 0.29) is 72.1 Å². The van der Waals surface area contributed by atoms with Crippen LogP contribution < -0.4 is 0 Å². The van der Waals surface area contributed by atoms with Crippen molar-refractivity contribution >= 4 is 11.8 Å². The van der Waals surface area contributed by atoms with Crippen molar-refractivity contribution in [3.63, 3.8) is 0 Å². The van der Waals surface area contributed by atoms with Crippen LogP contribution in [0.1, 0.15) is 79.1 Å². The standard InChI is InChI=1S/C34H50O8/c1-19-9-7-10-24(29(19)21(3)31(36)30-32(37)23(5)40-34(30)38)17-25(18-35)33-20(2)13-14-27(42-33)12-8-11-26-15-16-28(41-26)22(4)39-6/h8,12,17,19-22,24,26-29,33,35,37H,5,7,9-11,13-16,18H2,1-4,6H3/b12-8+,25-17+. The maximum Gasteiger partial charge on any atom is 0.351 e. The molecule has 0 aromatic heterocycles. The molecule has 1 aliphatic carbocycles. The Morgan fingerprint density at radius 2 is 1.86 bits per heavy atom. The molecule has 0 amide bonds. The van der Waals surface area contributed by atoms with Gasteiger partial charge in [-0.1, -0.05) is 58.4 Å². The van der Waals surface area contributed by atoms with Crippen LogP contribution in [0, 0.1) is 29.6 Å². The first-order valence-electron chi connectivity index (χ1n) is 15.8. The number of hydrogen-bond acceptors (Lipinski definition) is 8. The summed E-state index contributed by atoms with van der Waals surface area (Å²) >= 11 is 0. The summed E-state index contributed by atoms with van der Waals surface area (Å²) in [6, 6.07) is 0. The summed E-state index contributed by atoms with van der Waals surface area (Å²) in [5, 5.41) is 20.8. The zero-order valence-corrected chi connectivity index (χ0v) is 25.9. The predicted octanol–water partition coefficient (Wildman–Crippen LogP) is 5.76. The van der Waals surface area contributed by atoms with E-state index in [0.29, 0.717) is 0 Å². The fraction of sp³-hybridized carbons (Fsp3) is 0.706. The van der Waals surface area contributed by atoms with Crippen LogP contribution in [0.2, 0.25) is 0 Å². The number of methoxy groups -OCH3 is 1. The van der Waals surface area contributed by atoms with Crippen LogP contribution in [-0.2, 0) is 28.5 Å². The third kappa shape index (κ3) is 7.26. The van der Waals surface area contributed by atoms with Crippen LogP contribution in [0.15, 0.2) is 47.5 Å². The minimum Gasteiger partial charge on any atom is -0.504 e. The molecule has 0 aromatic rings. The molecule has 4 aliphatic rings. The Kier molecular flexibility index (Phi) is 11.3. The van der Waals surface area contributed by atoms with Crippen molar-refractivity contribution in [1.82, 2.24) is 0 Å². The number of ether oxygens (including phenoxy) is 4. The summed E-state index contributed by atoms with van der Waals surface area (Å²) in [6.07, 6.45) is 14.3. The van der Waals surface area contributed by atoms with Crippen molar-refractivity contribution in [2.24, 2.45) is 29.6 Å². The minimum atomic E-state index is -0.840. The number of ketones is 1. The number of aliphatic hydroxyl groups excluding tert-OH is 2. The SMILES string of the molecule is C=C1OC(=O)C(C(=O)C(C)C2C(C)CCCC2/C=C(\CO)C2OC(/C=C/CC3CCC(C(C)OC)O3)CCC2C)=C1O. The molecule has 2 saturated heterocycles. The number of allylic oxidation sites excluding steroid dienone is 1. The average molecular weight is 587 g/mol. The zero-order valence-electron chi connectivity index (χ0n) is 25.9. The van der Waals surface area contributed by atoms with E-state index in [1.165, 1.54) is 0 Å². The molecule has 4 rings (SSSR count). The quantitative estimate of drug-likeness (QED) is 0.179. The first-order valence-corrected chi connectivity index (χ1v) is 15.8. The summed E-state index contributed by atoms with van der Waals surface area (Å²) in [4.78, 5) is 25.7. The second-order valence-corrected chi connectivity index (χ2v) is 12.9. The summed E-state index contributed by atoms with van der Waals surface area (Å²) in [6.45, 7) is 11.6. The molecule has 1 saturated carbocycles. The van der Waals surface area contributed by atoms with E-state index in [2.05, 4.69) is 38.7 Å². The molecule has 42 heavy (non-hydrogen) atoms. The molecule has 8 nitrogen and oxygen atoms in total. The van der Waals surface area contributed by atoms with Crippen LogP contribution in [-0.4, -0.2) is 66.2 Å². The van der Waals surface area contributed by atoms with Gasteiger partial charge in [-0.2, -0.15) is 0 Å². The van der Waals surface area contributed by atoms with Crippen LogP contribution in [0.25, 0.3) is 0 Å². The smallest absolute Gasteiger partial charge is 0.351 e. The van der Waals surface area contributed by atoms with E-state index in [0.717, 1.165) is 56.9 Å². The monoisotopic (exact) mass is 586 g/mol. The van der Waals surface area contributed by atoms with Crippen molar-refractivity contribution in [3.8, 4) is 0 Å². The molecular formula is C34H50O8. The van der Waals surface area contributed by atoms with Gasteiger partial charge in [0.05, 0.1) is 37.1 Å². The van der Waals surface area contributed by atoms with Gasteiger partial charge in [0.25, 0.3) is 0 Å². The molecule has 10 unspecified atom stereocenters. The normalized spacial score (nSPS) is 36.0. The van der Waals surface area contributed by atoms with Gasteiger partial charge in [0, 0.05) is 13.0 Å². The first kappa shape index (κ1) is 32.6. The second kappa shape index (κ2) is 14.5. The van der Waals surface area contributed by atoms with Crippen LogP contribution in [0.5, 0.6) is 0 Å². The van der Waals surface area contributed by atoms with Crippen molar-refractivity contribution in [3.05, 3.63) is 47.5 Å². The molecule has 0 bridgehead atoms. The molecule has 0 spiro atoms. The summed E-state index contributed by atoms with van der Waals surface area (Å²) in [7, 11) is 1.72. The Morgan fingerprint density at radius 3 is 2.52 bits per heavy atom. The summed E-state index contributed by atoms with van der Waals surface area (Å²) < 4.78 is 23.1. The molecule has 8 heteroatoms. The van der Waals surface area contributed by atoms with E-state index >= 15 is 0 Å². The third-order valence-corrected chi connectivity index (χ3v) is 10.0. The molecule has 3 heterocycles. The molecule has 10 atom stereocenters. The largest absolute Gasteiger partial charge is 0.504 e. The lowest BCUT2D eigenvalue weighted by molar-refractivity contribution is -0.136. The van der Waals surface area contributed by atoms with Crippen LogP contribution in [0.3, 0.4) is 0 Å². The fourth-order valence-electron chi connectivity index (χ4n) is 7.47. The highest BCUT2D eigenvalue weighted by Gasteiger charge is 2.43.